The fraction of sp³-hybridized carbons (Fsp3) is 0.462. The maximum absolute atomic E-state index is 11.6. The smallest absolute Gasteiger partial charge is 0.220 e. The van der Waals surface area contributed by atoms with Crippen molar-refractivity contribution in [3.8, 4) is 0 Å². The molecule has 1 N–H and O–H groups in total. The first kappa shape index (κ1) is 11.6. The summed E-state index contributed by atoms with van der Waals surface area (Å²) in [5.74, 6) is 0.188. The Morgan fingerprint density at radius 3 is 2.62 bits per heavy atom. The van der Waals surface area contributed by atoms with Gasteiger partial charge < -0.3 is 5.32 Å². The highest BCUT2D eigenvalue weighted by Crippen LogP contribution is 2.24. The van der Waals surface area contributed by atoms with E-state index in [1.165, 1.54) is 18.4 Å². The molecule has 1 unspecified atom stereocenters. The van der Waals surface area contributed by atoms with Crippen molar-refractivity contribution >= 4 is 21.8 Å². The van der Waals surface area contributed by atoms with Crippen LogP contribution in [-0.2, 0) is 4.79 Å². The molecule has 0 spiro atoms. The van der Waals surface area contributed by atoms with Crippen molar-refractivity contribution in [1.29, 1.82) is 0 Å². The highest BCUT2D eigenvalue weighted by atomic mass is 79.9. The van der Waals surface area contributed by atoms with Gasteiger partial charge in [-0.2, -0.15) is 0 Å². The molecule has 0 radical (unpaired) electrons. The number of rotatable bonds is 1. The van der Waals surface area contributed by atoms with Crippen LogP contribution in [-0.4, -0.2) is 5.91 Å². The number of hydrogen-bond acceptors (Lipinski definition) is 1. The van der Waals surface area contributed by atoms with Crippen LogP contribution < -0.4 is 5.32 Å². The largest absolute Gasteiger partial charge is 0.349 e. The summed E-state index contributed by atoms with van der Waals surface area (Å²) < 4.78 is 1.08. The van der Waals surface area contributed by atoms with Gasteiger partial charge in [-0.05, 0) is 30.5 Å². The van der Waals surface area contributed by atoms with E-state index in [1.54, 1.807) is 0 Å². The van der Waals surface area contributed by atoms with Crippen LogP contribution in [0.5, 0.6) is 0 Å². The van der Waals surface area contributed by atoms with Crippen LogP contribution >= 0.6 is 15.9 Å². The van der Waals surface area contributed by atoms with Gasteiger partial charge in [0.05, 0.1) is 6.04 Å². The number of nitrogens with one attached hydrogen (secondary N) is 1. The minimum atomic E-state index is 0.188. The Balaban J connectivity index is 2.11. The summed E-state index contributed by atoms with van der Waals surface area (Å²) in [6.45, 7) is 0. The summed E-state index contributed by atoms with van der Waals surface area (Å²) in [4.78, 5) is 11.6. The zero-order valence-electron chi connectivity index (χ0n) is 9.21. The minimum Gasteiger partial charge on any atom is -0.349 e. The van der Waals surface area contributed by atoms with E-state index in [4.69, 9.17) is 0 Å². The van der Waals surface area contributed by atoms with Gasteiger partial charge in [0.15, 0.2) is 0 Å². The van der Waals surface area contributed by atoms with Crippen molar-refractivity contribution < 1.29 is 4.79 Å². The van der Waals surface area contributed by atoms with Crippen molar-refractivity contribution in [2.24, 2.45) is 0 Å². The predicted molar refractivity (Wildman–Crippen MR) is 68.1 cm³/mol. The van der Waals surface area contributed by atoms with E-state index in [0.717, 1.165) is 17.3 Å². The molecule has 0 bridgehead atoms. The molecule has 1 aromatic rings. The molecule has 1 aliphatic rings. The van der Waals surface area contributed by atoms with E-state index >= 15 is 0 Å². The SMILES string of the molecule is O=C1CCCCCC(c2ccc(Br)cc2)N1. The number of carbonyl (C=O) groups excluding carboxylic acids is 1. The summed E-state index contributed by atoms with van der Waals surface area (Å²) in [5, 5.41) is 3.10. The van der Waals surface area contributed by atoms with E-state index in [0.29, 0.717) is 6.42 Å². The lowest BCUT2D eigenvalue weighted by molar-refractivity contribution is -0.122. The van der Waals surface area contributed by atoms with Crippen LogP contribution in [0.1, 0.15) is 43.7 Å². The molecular weight excluding hydrogens is 266 g/mol. The van der Waals surface area contributed by atoms with Gasteiger partial charge in [0.25, 0.3) is 0 Å². The maximum atomic E-state index is 11.6. The fourth-order valence-corrected chi connectivity index (χ4v) is 2.36. The second kappa shape index (κ2) is 5.48. The van der Waals surface area contributed by atoms with E-state index < -0.39 is 0 Å². The standard InChI is InChI=1S/C13H16BrNO/c14-11-8-6-10(7-9-11)12-4-2-1-3-5-13(16)15-12/h6-9,12H,1-5H2,(H,15,16). The average molecular weight is 282 g/mol. The van der Waals surface area contributed by atoms with Gasteiger partial charge in [0.2, 0.25) is 5.91 Å². The Bertz CT molecular complexity index is 361. The van der Waals surface area contributed by atoms with Crippen molar-refractivity contribution in [3.05, 3.63) is 34.3 Å². The van der Waals surface area contributed by atoms with Crippen LogP contribution in [0.2, 0.25) is 0 Å². The lowest BCUT2D eigenvalue weighted by Gasteiger charge is -2.21. The molecule has 1 amide bonds. The van der Waals surface area contributed by atoms with Crippen molar-refractivity contribution in [3.63, 3.8) is 0 Å². The molecule has 1 heterocycles. The molecule has 1 aliphatic heterocycles. The molecule has 3 heteroatoms. The highest BCUT2D eigenvalue weighted by molar-refractivity contribution is 9.10. The number of halogens is 1. The van der Waals surface area contributed by atoms with Crippen LogP contribution in [0.15, 0.2) is 28.7 Å². The topological polar surface area (TPSA) is 29.1 Å². The third-order valence-electron chi connectivity index (χ3n) is 3.00. The lowest BCUT2D eigenvalue weighted by atomic mass is 9.97. The quantitative estimate of drug-likeness (QED) is 0.838. The molecule has 86 valence electrons. The molecule has 0 aromatic heterocycles. The summed E-state index contributed by atoms with van der Waals surface area (Å²) >= 11 is 3.42. The molecule has 1 fully saturated rings. The first-order valence-corrected chi connectivity index (χ1v) is 6.60. The molecule has 16 heavy (non-hydrogen) atoms. The zero-order chi connectivity index (χ0) is 11.4. The normalized spacial score (nSPS) is 22.1. The number of hydrogen-bond donors (Lipinski definition) is 1. The summed E-state index contributed by atoms with van der Waals surface area (Å²) in [7, 11) is 0. The highest BCUT2D eigenvalue weighted by Gasteiger charge is 2.16. The second-order valence-electron chi connectivity index (χ2n) is 4.27. The number of benzene rings is 1. The molecular formula is C13H16BrNO. The molecule has 1 atom stereocenters. The average Bonchev–Trinajstić information content (AvgIpc) is 2.24. The Labute approximate surface area is 105 Å². The molecule has 0 aliphatic carbocycles. The first-order valence-electron chi connectivity index (χ1n) is 5.80. The zero-order valence-corrected chi connectivity index (χ0v) is 10.8. The summed E-state index contributed by atoms with van der Waals surface area (Å²) in [6, 6.07) is 8.41. The Kier molecular flexibility index (Phi) is 3.99. The van der Waals surface area contributed by atoms with E-state index in [-0.39, 0.29) is 11.9 Å². The van der Waals surface area contributed by atoms with Gasteiger partial charge >= 0.3 is 0 Å². The Morgan fingerprint density at radius 1 is 1.12 bits per heavy atom. The third kappa shape index (κ3) is 3.08. The molecule has 2 nitrogen and oxygen atoms in total. The fourth-order valence-electron chi connectivity index (χ4n) is 2.09. The first-order chi connectivity index (χ1) is 7.75. The van der Waals surface area contributed by atoms with Gasteiger partial charge in [0, 0.05) is 10.9 Å². The van der Waals surface area contributed by atoms with Crippen LogP contribution in [0.3, 0.4) is 0 Å². The van der Waals surface area contributed by atoms with E-state index in [9.17, 15) is 4.79 Å². The Morgan fingerprint density at radius 2 is 1.88 bits per heavy atom. The lowest BCUT2D eigenvalue weighted by Crippen LogP contribution is -2.29. The monoisotopic (exact) mass is 281 g/mol. The molecule has 1 saturated heterocycles. The molecule has 0 saturated carbocycles. The van der Waals surface area contributed by atoms with Crippen LogP contribution in [0.25, 0.3) is 0 Å². The van der Waals surface area contributed by atoms with E-state index in [1.807, 2.05) is 12.1 Å². The number of amides is 1. The van der Waals surface area contributed by atoms with Crippen molar-refractivity contribution in [1.82, 2.24) is 5.32 Å². The minimum absolute atomic E-state index is 0.188. The number of carbonyl (C=O) groups is 1. The van der Waals surface area contributed by atoms with E-state index in [2.05, 4.69) is 33.4 Å². The summed E-state index contributed by atoms with van der Waals surface area (Å²) in [6.07, 6.45) is 5.11. The van der Waals surface area contributed by atoms with Gasteiger partial charge in [-0.3, -0.25) is 4.79 Å². The summed E-state index contributed by atoms with van der Waals surface area (Å²) in [5.41, 5.74) is 1.21. The van der Waals surface area contributed by atoms with Crippen LogP contribution in [0, 0.1) is 0 Å². The third-order valence-corrected chi connectivity index (χ3v) is 3.53. The maximum Gasteiger partial charge on any atom is 0.220 e. The van der Waals surface area contributed by atoms with Gasteiger partial charge in [-0.25, -0.2) is 0 Å². The Hall–Kier alpha value is -0.830. The second-order valence-corrected chi connectivity index (χ2v) is 5.19. The van der Waals surface area contributed by atoms with Gasteiger partial charge in [-0.1, -0.05) is 40.9 Å². The van der Waals surface area contributed by atoms with Gasteiger partial charge in [-0.15, -0.1) is 0 Å². The molecule has 1 aromatic carbocycles. The van der Waals surface area contributed by atoms with Crippen molar-refractivity contribution in [2.75, 3.05) is 0 Å². The molecule has 2 rings (SSSR count). The van der Waals surface area contributed by atoms with Gasteiger partial charge in [0.1, 0.15) is 0 Å². The van der Waals surface area contributed by atoms with Crippen LogP contribution in [0.4, 0.5) is 0 Å². The van der Waals surface area contributed by atoms with Crippen molar-refractivity contribution in [2.45, 2.75) is 38.1 Å². The predicted octanol–water partition coefficient (Wildman–Crippen LogP) is 3.57.